The summed E-state index contributed by atoms with van der Waals surface area (Å²) in [7, 11) is 1.63. The molecule has 0 bridgehead atoms. The van der Waals surface area contributed by atoms with Gasteiger partial charge in [0, 0.05) is 49.8 Å². The largest absolute Gasteiger partial charge is 0.479 e. The first kappa shape index (κ1) is 22.0. The maximum atomic E-state index is 10.1. The quantitative estimate of drug-likeness (QED) is 0.545. The van der Waals surface area contributed by atoms with E-state index in [9.17, 15) is 5.11 Å². The fourth-order valence-electron chi connectivity index (χ4n) is 4.39. The molecule has 2 atom stereocenters. The molecule has 0 spiro atoms. The molecule has 3 heterocycles. The van der Waals surface area contributed by atoms with Gasteiger partial charge in [0.05, 0.1) is 19.0 Å². The zero-order chi connectivity index (χ0) is 22.5. The highest BCUT2D eigenvalue weighted by Gasteiger charge is 2.35. The van der Waals surface area contributed by atoms with Crippen molar-refractivity contribution in [3.05, 3.63) is 84.9 Å². The molecule has 0 amide bonds. The highest BCUT2D eigenvalue weighted by Crippen LogP contribution is 2.34. The summed E-state index contributed by atoms with van der Waals surface area (Å²) in [6.45, 7) is 8.46. The van der Waals surface area contributed by atoms with Crippen LogP contribution in [0.1, 0.15) is 18.5 Å². The van der Waals surface area contributed by atoms with Crippen LogP contribution in [0.15, 0.2) is 79.2 Å². The molecule has 6 nitrogen and oxygen atoms in total. The van der Waals surface area contributed by atoms with Crippen molar-refractivity contribution in [3.63, 3.8) is 0 Å². The molecule has 2 unspecified atom stereocenters. The van der Waals surface area contributed by atoms with Gasteiger partial charge in [-0.3, -0.25) is 9.30 Å². The van der Waals surface area contributed by atoms with E-state index >= 15 is 0 Å². The van der Waals surface area contributed by atoms with Crippen molar-refractivity contribution in [2.45, 2.75) is 12.8 Å². The molecule has 1 aliphatic heterocycles. The Morgan fingerprint density at radius 2 is 2.09 bits per heavy atom. The molecule has 1 fully saturated rings. The van der Waals surface area contributed by atoms with E-state index in [1.54, 1.807) is 13.3 Å². The monoisotopic (exact) mass is 430 g/mol. The van der Waals surface area contributed by atoms with Crippen molar-refractivity contribution in [2.75, 3.05) is 33.4 Å². The first-order chi connectivity index (χ1) is 15.7. The Morgan fingerprint density at radius 3 is 2.78 bits per heavy atom. The summed E-state index contributed by atoms with van der Waals surface area (Å²) in [6.07, 6.45) is 11.9. The predicted octanol–water partition coefficient (Wildman–Crippen LogP) is 4.10. The number of imidazole rings is 1. The number of hydrogen-bond acceptors (Lipinski definition) is 5. The topological polar surface area (TPSA) is 62.9 Å². The zero-order valence-electron chi connectivity index (χ0n) is 18.7. The fourth-order valence-corrected chi connectivity index (χ4v) is 4.39. The van der Waals surface area contributed by atoms with Gasteiger partial charge >= 0.3 is 0 Å². The normalized spacial score (nSPS) is 19.8. The van der Waals surface area contributed by atoms with Crippen LogP contribution in [0.4, 0.5) is 0 Å². The van der Waals surface area contributed by atoms with Gasteiger partial charge in [-0.2, -0.15) is 0 Å². The first-order valence-electron chi connectivity index (χ1n) is 10.9. The minimum atomic E-state index is 0.0945. The van der Waals surface area contributed by atoms with E-state index in [0.29, 0.717) is 5.88 Å². The first-order valence-corrected chi connectivity index (χ1v) is 10.9. The van der Waals surface area contributed by atoms with E-state index in [0.717, 1.165) is 47.8 Å². The number of allylic oxidation sites excluding steroid dienone is 3. The van der Waals surface area contributed by atoms with Gasteiger partial charge in [0.1, 0.15) is 11.3 Å². The molecule has 4 rings (SSSR count). The van der Waals surface area contributed by atoms with Crippen LogP contribution in [-0.2, 0) is 0 Å². The van der Waals surface area contributed by atoms with Crippen molar-refractivity contribution in [2.24, 2.45) is 5.92 Å². The number of aromatic nitrogens is 3. The lowest BCUT2D eigenvalue weighted by atomic mass is 9.94. The van der Waals surface area contributed by atoms with Gasteiger partial charge in [-0.15, -0.1) is 0 Å². The minimum Gasteiger partial charge on any atom is -0.479 e. The fraction of sp³-hybridized carbons (Fsp3) is 0.308. The standard InChI is InChI=1S/C26H30N4O2/c1-4-6-10-19(5-2)14-29-15-21(18-31)22(16-29)23-17-30-24(26(28-23)32-3)13-27-25(30)20-11-8-7-9-12-20/h4-13,17,21-22,31H,2,14-16,18H2,1,3H3/b6-4-,19-10+. The third-order valence-electron chi connectivity index (χ3n) is 6.04. The van der Waals surface area contributed by atoms with Crippen LogP contribution >= 0.6 is 0 Å². The molecule has 0 aliphatic carbocycles. The summed E-state index contributed by atoms with van der Waals surface area (Å²) in [5, 5.41) is 10.1. The highest BCUT2D eigenvalue weighted by atomic mass is 16.5. The smallest absolute Gasteiger partial charge is 0.240 e. The molecule has 1 aliphatic rings. The Hall–Kier alpha value is -3.22. The van der Waals surface area contributed by atoms with E-state index in [2.05, 4.69) is 26.9 Å². The van der Waals surface area contributed by atoms with E-state index in [-0.39, 0.29) is 18.4 Å². The molecule has 1 saturated heterocycles. The SMILES string of the molecule is C=C/C(=C\C=C/C)CN1CC(CO)C(c2cn3c(-c4ccccc4)ncc3c(OC)n2)C1. The molecular formula is C26H30N4O2. The number of rotatable bonds is 8. The van der Waals surface area contributed by atoms with E-state index in [1.165, 1.54) is 0 Å². The minimum absolute atomic E-state index is 0.0945. The number of benzene rings is 1. The van der Waals surface area contributed by atoms with Gasteiger partial charge in [-0.25, -0.2) is 9.97 Å². The van der Waals surface area contributed by atoms with Crippen LogP contribution in [-0.4, -0.2) is 57.7 Å². The molecule has 1 N–H and O–H groups in total. The van der Waals surface area contributed by atoms with Crippen molar-refractivity contribution in [3.8, 4) is 17.3 Å². The van der Waals surface area contributed by atoms with E-state index in [4.69, 9.17) is 9.72 Å². The van der Waals surface area contributed by atoms with Gasteiger partial charge in [-0.1, -0.05) is 61.2 Å². The predicted molar refractivity (Wildman–Crippen MR) is 128 cm³/mol. The molecule has 0 saturated carbocycles. The van der Waals surface area contributed by atoms with Crippen LogP contribution < -0.4 is 4.74 Å². The van der Waals surface area contributed by atoms with Gasteiger partial charge in [0.15, 0.2) is 0 Å². The Balaban J connectivity index is 1.69. The number of hydrogen-bond donors (Lipinski definition) is 1. The van der Waals surface area contributed by atoms with E-state index in [1.807, 2.05) is 61.7 Å². The van der Waals surface area contributed by atoms with Gasteiger partial charge in [0.25, 0.3) is 0 Å². The van der Waals surface area contributed by atoms with Crippen LogP contribution in [0.5, 0.6) is 5.88 Å². The third kappa shape index (κ3) is 4.38. The van der Waals surface area contributed by atoms with Crippen LogP contribution in [0, 0.1) is 5.92 Å². The summed E-state index contributed by atoms with van der Waals surface area (Å²) in [4.78, 5) is 11.8. The average Bonchev–Trinajstić information content (AvgIpc) is 3.45. The second-order valence-electron chi connectivity index (χ2n) is 8.09. The molecule has 1 aromatic carbocycles. The van der Waals surface area contributed by atoms with Crippen LogP contribution in [0.2, 0.25) is 0 Å². The van der Waals surface area contributed by atoms with Gasteiger partial charge in [0.2, 0.25) is 5.88 Å². The Morgan fingerprint density at radius 1 is 1.28 bits per heavy atom. The van der Waals surface area contributed by atoms with Crippen LogP contribution in [0.25, 0.3) is 16.9 Å². The van der Waals surface area contributed by atoms with Crippen LogP contribution in [0.3, 0.4) is 0 Å². The third-order valence-corrected chi connectivity index (χ3v) is 6.04. The second kappa shape index (κ2) is 9.94. The summed E-state index contributed by atoms with van der Waals surface area (Å²) in [6, 6.07) is 10.1. The van der Waals surface area contributed by atoms with Crippen molar-refractivity contribution >= 4 is 5.52 Å². The summed E-state index contributed by atoms with van der Waals surface area (Å²) >= 11 is 0. The Kier molecular flexibility index (Phi) is 6.83. The van der Waals surface area contributed by atoms with E-state index < -0.39 is 0 Å². The van der Waals surface area contributed by atoms with Crippen molar-refractivity contribution < 1.29 is 9.84 Å². The lowest BCUT2D eigenvalue weighted by Gasteiger charge is -2.18. The number of aliphatic hydroxyl groups is 1. The molecule has 32 heavy (non-hydrogen) atoms. The molecular weight excluding hydrogens is 400 g/mol. The maximum Gasteiger partial charge on any atom is 0.240 e. The lowest BCUT2D eigenvalue weighted by molar-refractivity contribution is 0.216. The summed E-state index contributed by atoms with van der Waals surface area (Å²) < 4.78 is 7.67. The molecule has 2 aromatic heterocycles. The number of methoxy groups -OCH3 is 1. The summed E-state index contributed by atoms with van der Waals surface area (Å²) in [5.41, 5.74) is 3.92. The average molecular weight is 431 g/mol. The maximum absolute atomic E-state index is 10.1. The second-order valence-corrected chi connectivity index (χ2v) is 8.09. The number of aliphatic hydroxyl groups excluding tert-OH is 1. The van der Waals surface area contributed by atoms with Crippen molar-refractivity contribution in [1.82, 2.24) is 19.3 Å². The highest BCUT2D eigenvalue weighted by molar-refractivity contribution is 5.66. The molecule has 6 heteroatoms. The summed E-state index contributed by atoms with van der Waals surface area (Å²) in [5.74, 6) is 1.59. The number of likely N-dealkylation sites (tertiary alicyclic amines) is 1. The lowest BCUT2D eigenvalue weighted by Crippen LogP contribution is -2.23. The zero-order valence-corrected chi connectivity index (χ0v) is 18.7. The van der Waals surface area contributed by atoms with Gasteiger partial charge in [-0.05, 0) is 12.5 Å². The molecule has 0 radical (unpaired) electrons. The Labute approximate surface area is 189 Å². The number of nitrogens with zero attached hydrogens (tertiary/aromatic N) is 4. The van der Waals surface area contributed by atoms with Crippen molar-refractivity contribution in [1.29, 1.82) is 0 Å². The Bertz CT molecular complexity index is 1130. The number of ether oxygens (including phenoxy) is 1. The molecule has 3 aromatic rings. The molecule has 166 valence electrons. The number of fused-ring (bicyclic) bond motifs is 1. The van der Waals surface area contributed by atoms with Gasteiger partial charge < -0.3 is 9.84 Å².